The van der Waals surface area contributed by atoms with E-state index in [2.05, 4.69) is 17.0 Å². The number of hydrogen-bond donors (Lipinski definition) is 1. The fourth-order valence-corrected chi connectivity index (χ4v) is 2.08. The van der Waals surface area contributed by atoms with Crippen molar-refractivity contribution in [2.24, 2.45) is 7.05 Å². The Morgan fingerprint density at radius 2 is 2.15 bits per heavy atom. The Kier molecular flexibility index (Phi) is 4.55. The summed E-state index contributed by atoms with van der Waals surface area (Å²) in [7, 11) is 1.76. The van der Waals surface area contributed by atoms with Crippen LogP contribution in [0.2, 0.25) is 0 Å². The number of aromatic carboxylic acids is 1. The monoisotopic (exact) mass is 277 g/mol. The molecule has 1 N–H and O–H groups in total. The summed E-state index contributed by atoms with van der Waals surface area (Å²) in [5, 5.41) is 14.0. The Morgan fingerprint density at radius 3 is 2.85 bits per heavy atom. The lowest BCUT2D eigenvalue weighted by atomic mass is 10.2. The van der Waals surface area contributed by atoms with Crippen molar-refractivity contribution in [2.75, 3.05) is 6.61 Å². The molecule has 20 heavy (non-hydrogen) atoms. The van der Waals surface area contributed by atoms with Crippen LogP contribution in [0.15, 0.2) is 12.4 Å². The standard InChI is InChI=1S/C14H19N3O3/c1-3-4-5-6-7-20-12-10-9-16-17(2)13(10)15-8-11(12)14(18)19/h8-9H,3-7H2,1-2H3,(H,18,19). The van der Waals surface area contributed by atoms with Gasteiger partial charge in [0.1, 0.15) is 11.3 Å². The lowest BCUT2D eigenvalue weighted by Crippen LogP contribution is -2.06. The Balaban J connectivity index is 2.23. The van der Waals surface area contributed by atoms with Crippen molar-refractivity contribution in [3.05, 3.63) is 18.0 Å². The molecule has 0 bridgehead atoms. The highest BCUT2D eigenvalue weighted by Crippen LogP contribution is 2.28. The summed E-state index contributed by atoms with van der Waals surface area (Å²) in [6.07, 6.45) is 7.23. The Morgan fingerprint density at radius 1 is 1.35 bits per heavy atom. The van der Waals surface area contributed by atoms with Crippen molar-refractivity contribution in [3.8, 4) is 5.75 Å². The maximum Gasteiger partial charge on any atom is 0.341 e. The molecular weight excluding hydrogens is 258 g/mol. The number of carboxylic acids is 1. The van der Waals surface area contributed by atoms with Gasteiger partial charge in [-0.05, 0) is 6.42 Å². The van der Waals surface area contributed by atoms with E-state index in [1.807, 2.05) is 0 Å². The summed E-state index contributed by atoms with van der Waals surface area (Å²) >= 11 is 0. The molecule has 0 amide bonds. The molecule has 6 nitrogen and oxygen atoms in total. The first kappa shape index (κ1) is 14.3. The summed E-state index contributed by atoms with van der Waals surface area (Å²) < 4.78 is 7.30. The fraction of sp³-hybridized carbons (Fsp3) is 0.500. The molecule has 0 unspecified atom stereocenters. The zero-order valence-electron chi connectivity index (χ0n) is 11.8. The second kappa shape index (κ2) is 6.36. The quantitative estimate of drug-likeness (QED) is 0.787. The van der Waals surface area contributed by atoms with Crippen LogP contribution < -0.4 is 4.74 Å². The van der Waals surface area contributed by atoms with Gasteiger partial charge in [-0.3, -0.25) is 4.68 Å². The largest absolute Gasteiger partial charge is 0.492 e. The second-order valence-electron chi connectivity index (χ2n) is 4.72. The van der Waals surface area contributed by atoms with E-state index >= 15 is 0 Å². The molecule has 0 radical (unpaired) electrons. The number of carboxylic acid groups (broad SMARTS) is 1. The average molecular weight is 277 g/mol. The van der Waals surface area contributed by atoms with E-state index in [0.29, 0.717) is 23.4 Å². The van der Waals surface area contributed by atoms with Crippen LogP contribution in [0.3, 0.4) is 0 Å². The fourth-order valence-electron chi connectivity index (χ4n) is 2.08. The minimum absolute atomic E-state index is 0.0843. The number of ether oxygens (including phenoxy) is 1. The third-order valence-electron chi connectivity index (χ3n) is 3.19. The number of carbonyl (C=O) groups is 1. The van der Waals surface area contributed by atoms with Crippen LogP contribution in [0.25, 0.3) is 11.0 Å². The van der Waals surface area contributed by atoms with Gasteiger partial charge in [-0.1, -0.05) is 26.2 Å². The molecule has 0 saturated carbocycles. The SMILES string of the molecule is CCCCCCOc1c(C(=O)O)cnc2c1cnn2C. The molecule has 0 saturated heterocycles. The second-order valence-corrected chi connectivity index (χ2v) is 4.72. The van der Waals surface area contributed by atoms with Gasteiger partial charge in [0.25, 0.3) is 0 Å². The van der Waals surface area contributed by atoms with Crippen LogP contribution in [-0.2, 0) is 7.05 Å². The van der Waals surface area contributed by atoms with Crippen molar-refractivity contribution >= 4 is 17.0 Å². The zero-order chi connectivity index (χ0) is 14.5. The lowest BCUT2D eigenvalue weighted by Gasteiger charge is -2.10. The summed E-state index contributed by atoms with van der Waals surface area (Å²) in [6, 6.07) is 0. The van der Waals surface area contributed by atoms with Gasteiger partial charge in [-0.25, -0.2) is 9.78 Å². The summed E-state index contributed by atoms with van der Waals surface area (Å²) in [6.45, 7) is 2.65. The number of pyridine rings is 1. The predicted molar refractivity (Wildman–Crippen MR) is 75.1 cm³/mol. The first-order chi connectivity index (χ1) is 9.65. The molecule has 0 spiro atoms. The number of aryl methyl sites for hydroxylation is 1. The van der Waals surface area contributed by atoms with E-state index in [-0.39, 0.29) is 5.56 Å². The van der Waals surface area contributed by atoms with Gasteiger partial charge >= 0.3 is 5.97 Å². The maximum absolute atomic E-state index is 11.3. The smallest absolute Gasteiger partial charge is 0.341 e. The number of fused-ring (bicyclic) bond motifs is 1. The molecule has 2 aromatic heterocycles. The van der Waals surface area contributed by atoms with Gasteiger partial charge < -0.3 is 9.84 Å². The Hall–Kier alpha value is -2.11. The normalized spacial score (nSPS) is 10.9. The molecule has 0 fully saturated rings. The molecule has 0 aromatic carbocycles. The highest BCUT2D eigenvalue weighted by Gasteiger charge is 2.18. The molecule has 0 aliphatic rings. The van der Waals surface area contributed by atoms with Crippen LogP contribution >= 0.6 is 0 Å². The molecule has 0 aliphatic carbocycles. The van der Waals surface area contributed by atoms with E-state index < -0.39 is 5.97 Å². The van der Waals surface area contributed by atoms with E-state index in [9.17, 15) is 9.90 Å². The predicted octanol–water partition coefficient (Wildman–Crippen LogP) is 2.63. The van der Waals surface area contributed by atoms with Crippen LogP contribution in [0.5, 0.6) is 5.75 Å². The van der Waals surface area contributed by atoms with Gasteiger partial charge in [-0.2, -0.15) is 5.10 Å². The van der Waals surface area contributed by atoms with E-state index in [0.717, 1.165) is 25.7 Å². The highest BCUT2D eigenvalue weighted by atomic mass is 16.5. The van der Waals surface area contributed by atoms with E-state index in [1.165, 1.54) is 6.20 Å². The molecule has 2 heterocycles. The van der Waals surface area contributed by atoms with Crippen molar-refractivity contribution in [3.63, 3.8) is 0 Å². The molecule has 2 rings (SSSR count). The number of nitrogens with zero attached hydrogens (tertiary/aromatic N) is 3. The Labute approximate surface area is 117 Å². The van der Waals surface area contributed by atoms with Gasteiger partial charge in [0.05, 0.1) is 18.2 Å². The van der Waals surface area contributed by atoms with Gasteiger partial charge in [0.2, 0.25) is 0 Å². The van der Waals surface area contributed by atoms with Gasteiger partial charge in [-0.15, -0.1) is 0 Å². The number of hydrogen-bond acceptors (Lipinski definition) is 4. The molecule has 0 aliphatic heterocycles. The van der Waals surface area contributed by atoms with Crippen LogP contribution in [-0.4, -0.2) is 32.4 Å². The Bertz CT molecular complexity index is 607. The van der Waals surface area contributed by atoms with Crippen molar-refractivity contribution in [1.82, 2.24) is 14.8 Å². The van der Waals surface area contributed by atoms with Crippen molar-refractivity contribution in [1.29, 1.82) is 0 Å². The topological polar surface area (TPSA) is 77.2 Å². The van der Waals surface area contributed by atoms with Crippen molar-refractivity contribution < 1.29 is 14.6 Å². The molecule has 6 heteroatoms. The first-order valence-electron chi connectivity index (χ1n) is 6.82. The third kappa shape index (κ3) is 2.89. The van der Waals surface area contributed by atoms with E-state index in [4.69, 9.17) is 4.74 Å². The molecule has 108 valence electrons. The summed E-state index contributed by atoms with van der Waals surface area (Å²) in [4.78, 5) is 15.4. The number of rotatable bonds is 7. The zero-order valence-corrected chi connectivity index (χ0v) is 11.8. The molecule has 0 atom stereocenters. The van der Waals surface area contributed by atoms with Crippen LogP contribution in [0.1, 0.15) is 43.0 Å². The summed E-state index contributed by atoms with van der Waals surface area (Å²) in [5.74, 6) is -0.668. The minimum Gasteiger partial charge on any atom is -0.492 e. The lowest BCUT2D eigenvalue weighted by molar-refractivity contribution is 0.0692. The minimum atomic E-state index is -1.04. The third-order valence-corrected chi connectivity index (χ3v) is 3.19. The first-order valence-corrected chi connectivity index (χ1v) is 6.82. The van der Waals surface area contributed by atoms with Crippen molar-refractivity contribution in [2.45, 2.75) is 32.6 Å². The summed E-state index contributed by atoms with van der Waals surface area (Å²) in [5.41, 5.74) is 0.708. The van der Waals surface area contributed by atoms with Crippen LogP contribution in [0, 0.1) is 0 Å². The van der Waals surface area contributed by atoms with E-state index in [1.54, 1.807) is 17.9 Å². The van der Waals surface area contributed by atoms with Gasteiger partial charge in [0, 0.05) is 13.2 Å². The highest BCUT2D eigenvalue weighted by molar-refractivity contribution is 5.97. The molecule has 2 aromatic rings. The van der Waals surface area contributed by atoms with Crippen LogP contribution in [0.4, 0.5) is 0 Å². The maximum atomic E-state index is 11.3. The number of unbranched alkanes of at least 4 members (excludes halogenated alkanes) is 3. The molecular formula is C14H19N3O3. The van der Waals surface area contributed by atoms with Gasteiger partial charge in [0.15, 0.2) is 5.65 Å². The average Bonchev–Trinajstić information content (AvgIpc) is 2.80. The number of aromatic nitrogens is 3.